The van der Waals surface area contributed by atoms with E-state index >= 15 is 0 Å². The van der Waals surface area contributed by atoms with Crippen molar-refractivity contribution in [1.29, 1.82) is 0 Å². The van der Waals surface area contributed by atoms with E-state index in [1.807, 2.05) is 12.1 Å². The molecule has 1 aliphatic heterocycles. The van der Waals surface area contributed by atoms with Gasteiger partial charge in [0.05, 0.1) is 0 Å². The first-order valence-electron chi connectivity index (χ1n) is 7.53. The summed E-state index contributed by atoms with van der Waals surface area (Å²) in [4.78, 5) is 2.47. The first-order valence-corrected chi connectivity index (χ1v) is 8.71. The number of nitrogens with one attached hydrogen (secondary N) is 1. The van der Waals surface area contributed by atoms with Crippen LogP contribution in [-0.2, 0) is 0 Å². The third kappa shape index (κ3) is 3.38. The lowest BCUT2D eigenvalue weighted by atomic mass is 9.85. The van der Waals surface area contributed by atoms with Crippen LogP contribution in [-0.4, -0.2) is 31.1 Å². The van der Waals surface area contributed by atoms with E-state index in [1.165, 1.54) is 31.2 Å². The van der Waals surface area contributed by atoms with E-state index in [-0.39, 0.29) is 0 Å². The van der Waals surface area contributed by atoms with Gasteiger partial charge in [-0.05, 0) is 69.0 Å². The molecule has 2 atom stereocenters. The Morgan fingerprint density at radius 2 is 2.15 bits per heavy atom. The Labute approximate surface area is 135 Å². The minimum atomic E-state index is 0.431. The molecule has 2 unspecified atom stereocenters. The molecule has 1 aromatic rings. The number of hydrogen-bond acceptors (Lipinski definition) is 2. The number of halogens is 2. The summed E-state index contributed by atoms with van der Waals surface area (Å²) >= 11 is 10.0. The SMILES string of the molecule is CN1CCCC(CNC2CC2)C1c1cc(Br)ccc1Cl. The molecule has 2 aliphatic rings. The molecule has 1 aromatic carbocycles. The fraction of sp³-hybridized carbons (Fsp3) is 0.625. The van der Waals surface area contributed by atoms with Crippen molar-refractivity contribution in [3.63, 3.8) is 0 Å². The van der Waals surface area contributed by atoms with Gasteiger partial charge in [0.15, 0.2) is 0 Å². The van der Waals surface area contributed by atoms with Crippen LogP contribution < -0.4 is 5.32 Å². The first-order chi connectivity index (χ1) is 9.65. The van der Waals surface area contributed by atoms with Gasteiger partial charge < -0.3 is 5.32 Å². The van der Waals surface area contributed by atoms with Crippen LogP contribution >= 0.6 is 27.5 Å². The highest BCUT2D eigenvalue weighted by Gasteiger charge is 2.33. The number of rotatable bonds is 4. The second-order valence-electron chi connectivity index (χ2n) is 6.18. The van der Waals surface area contributed by atoms with Crippen LogP contribution in [0.15, 0.2) is 22.7 Å². The quantitative estimate of drug-likeness (QED) is 0.867. The van der Waals surface area contributed by atoms with Gasteiger partial charge in [0, 0.05) is 28.1 Å². The maximum Gasteiger partial charge on any atom is 0.0454 e. The number of likely N-dealkylation sites (tertiary alicyclic amines) is 1. The fourth-order valence-corrected chi connectivity index (χ4v) is 3.92. The summed E-state index contributed by atoms with van der Waals surface area (Å²) < 4.78 is 1.12. The topological polar surface area (TPSA) is 15.3 Å². The number of hydrogen-bond donors (Lipinski definition) is 1. The third-order valence-corrected chi connectivity index (χ3v) is 5.37. The second-order valence-corrected chi connectivity index (χ2v) is 7.50. The normalized spacial score (nSPS) is 27.8. The van der Waals surface area contributed by atoms with E-state index in [2.05, 4.69) is 39.3 Å². The molecule has 1 aliphatic carbocycles. The molecule has 1 N–H and O–H groups in total. The van der Waals surface area contributed by atoms with E-state index in [9.17, 15) is 0 Å². The number of nitrogens with zero attached hydrogens (tertiary/aromatic N) is 1. The molecule has 0 spiro atoms. The molecule has 0 aromatic heterocycles. The van der Waals surface area contributed by atoms with Gasteiger partial charge in [0.1, 0.15) is 0 Å². The summed E-state index contributed by atoms with van der Waals surface area (Å²) in [6.07, 6.45) is 5.28. The van der Waals surface area contributed by atoms with Crippen LogP contribution in [0.25, 0.3) is 0 Å². The predicted molar refractivity (Wildman–Crippen MR) is 88.3 cm³/mol. The minimum Gasteiger partial charge on any atom is -0.314 e. The molecule has 3 rings (SSSR count). The van der Waals surface area contributed by atoms with Gasteiger partial charge in [-0.1, -0.05) is 27.5 Å². The molecule has 110 valence electrons. The highest BCUT2D eigenvalue weighted by molar-refractivity contribution is 9.10. The Morgan fingerprint density at radius 1 is 1.35 bits per heavy atom. The number of piperidine rings is 1. The Balaban J connectivity index is 1.82. The van der Waals surface area contributed by atoms with Crippen molar-refractivity contribution in [1.82, 2.24) is 10.2 Å². The van der Waals surface area contributed by atoms with Gasteiger partial charge in [-0.15, -0.1) is 0 Å². The average Bonchev–Trinajstić information content (AvgIpc) is 3.24. The molecule has 1 heterocycles. The largest absolute Gasteiger partial charge is 0.314 e. The molecule has 0 bridgehead atoms. The third-order valence-electron chi connectivity index (χ3n) is 4.53. The maximum atomic E-state index is 6.47. The Bertz CT molecular complexity index is 476. The van der Waals surface area contributed by atoms with Crippen LogP contribution in [0.1, 0.15) is 37.3 Å². The fourth-order valence-electron chi connectivity index (χ4n) is 3.31. The van der Waals surface area contributed by atoms with Crippen molar-refractivity contribution >= 4 is 27.5 Å². The van der Waals surface area contributed by atoms with Crippen molar-refractivity contribution in [2.45, 2.75) is 37.8 Å². The van der Waals surface area contributed by atoms with Crippen LogP contribution in [0.4, 0.5) is 0 Å². The van der Waals surface area contributed by atoms with Crippen molar-refractivity contribution in [2.24, 2.45) is 5.92 Å². The van der Waals surface area contributed by atoms with Crippen LogP contribution in [0.2, 0.25) is 5.02 Å². The van der Waals surface area contributed by atoms with Crippen LogP contribution in [0.5, 0.6) is 0 Å². The lowest BCUT2D eigenvalue weighted by Gasteiger charge is -2.40. The second kappa shape index (κ2) is 6.35. The van der Waals surface area contributed by atoms with Crippen LogP contribution in [0.3, 0.4) is 0 Å². The summed E-state index contributed by atoms with van der Waals surface area (Å²) in [7, 11) is 2.23. The lowest BCUT2D eigenvalue weighted by Crippen LogP contribution is -2.41. The zero-order chi connectivity index (χ0) is 14.1. The van der Waals surface area contributed by atoms with Crippen molar-refractivity contribution in [3.05, 3.63) is 33.3 Å². The van der Waals surface area contributed by atoms with Gasteiger partial charge in [-0.25, -0.2) is 0 Å². The zero-order valence-electron chi connectivity index (χ0n) is 11.9. The summed E-state index contributed by atoms with van der Waals surface area (Å²) in [5.74, 6) is 0.654. The van der Waals surface area contributed by atoms with Crippen LogP contribution in [0, 0.1) is 5.92 Å². The van der Waals surface area contributed by atoms with E-state index in [0.29, 0.717) is 12.0 Å². The molecule has 2 fully saturated rings. The lowest BCUT2D eigenvalue weighted by molar-refractivity contribution is 0.119. The Kier molecular flexibility index (Phi) is 4.71. The van der Waals surface area contributed by atoms with E-state index in [1.54, 1.807) is 0 Å². The molecule has 2 nitrogen and oxygen atoms in total. The van der Waals surface area contributed by atoms with E-state index in [0.717, 1.165) is 28.6 Å². The first kappa shape index (κ1) is 14.8. The van der Waals surface area contributed by atoms with E-state index in [4.69, 9.17) is 11.6 Å². The zero-order valence-corrected chi connectivity index (χ0v) is 14.3. The molecule has 4 heteroatoms. The predicted octanol–water partition coefficient (Wildman–Crippen LogP) is 4.24. The van der Waals surface area contributed by atoms with Crippen molar-refractivity contribution < 1.29 is 0 Å². The Morgan fingerprint density at radius 3 is 2.90 bits per heavy atom. The highest BCUT2D eigenvalue weighted by Crippen LogP contribution is 2.39. The summed E-state index contributed by atoms with van der Waals surface area (Å²) in [6, 6.07) is 7.43. The standard InChI is InChI=1S/C16H22BrClN2/c1-20-8-2-3-11(10-19-13-5-6-13)16(20)14-9-12(17)4-7-15(14)18/h4,7,9,11,13,16,19H,2-3,5-6,8,10H2,1H3. The van der Waals surface area contributed by atoms with Gasteiger partial charge in [0.25, 0.3) is 0 Å². The van der Waals surface area contributed by atoms with E-state index < -0.39 is 0 Å². The highest BCUT2D eigenvalue weighted by atomic mass is 79.9. The molecule has 20 heavy (non-hydrogen) atoms. The molecule has 0 radical (unpaired) electrons. The monoisotopic (exact) mass is 356 g/mol. The number of benzene rings is 1. The smallest absolute Gasteiger partial charge is 0.0454 e. The minimum absolute atomic E-state index is 0.431. The molecule has 1 saturated carbocycles. The van der Waals surface area contributed by atoms with Gasteiger partial charge >= 0.3 is 0 Å². The molecular weight excluding hydrogens is 336 g/mol. The van der Waals surface area contributed by atoms with Crippen molar-refractivity contribution in [3.8, 4) is 0 Å². The molecule has 1 saturated heterocycles. The average molecular weight is 358 g/mol. The van der Waals surface area contributed by atoms with Crippen molar-refractivity contribution in [2.75, 3.05) is 20.1 Å². The summed E-state index contributed by atoms with van der Waals surface area (Å²) in [5, 5.41) is 4.59. The van der Waals surface area contributed by atoms with Gasteiger partial charge in [-0.2, -0.15) is 0 Å². The molecular formula is C16H22BrClN2. The van der Waals surface area contributed by atoms with Gasteiger partial charge in [0.2, 0.25) is 0 Å². The molecule has 0 amide bonds. The summed E-state index contributed by atoms with van der Waals surface area (Å²) in [6.45, 7) is 2.27. The van der Waals surface area contributed by atoms with Gasteiger partial charge in [-0.3, -0.25) is 4.90 Å². The maximum absolute atomic E-state index is 6.47. The Hall–Kier alpha value is -0.0900. The summed E-state index contributed by atoms with van der Waals surface area (Å²) in [5.41, 5.74) is 1.27.